The van der Waals surface area contributed by atoms with E-state index in [1.54, 1.807) is 6.20 Å². The molecule has 2 aromatic heterocycles. The van der Waals surface area contributed by atoms with Gasteiger partial charge in [0.1, 0.15) is 5.52 Å². The second-order valence-corrected chi connectivity index (χ2v) is 5.99. The van der Waals surface area contributed by atoms with Crippen LogP contribution in [0.5, 0.6) is 0 Å². The highest BCUT2D eigenvalue weighted by molar-refractivity contribution is 6.37. The summed E-state index contributed by atoms with van der Waals surface area (Å²) in [6, 6.07) is 4.08. The summed E-state index contributed by atoms with van der Waals surface area (Å²) in [5.74, 6) is 0.895. The van der Waals surface area contributed by atoms with Gasteiger partial charge in [0.25, 0.3) is 0 Å². The van der Waals surface area contributed by atoms with Crippen LogP contribution in [0.3, 0.4) is 0 Å². The quantitative estimate of drug-likeness (QED) is 0.746. The van der Waals surface area contributed by atoms with Gasteiger partial charge in [0, 0.05) is 24.8 Å². The lowest BCUT2D eigenvalue weighted by Crippen LogP contribution is -2.16. The lowest BCUT2D eigenvalue weighted by atomic mass is 10.1. The van der Waals surface area contributed by atoms with Crippen molar-refractivity contribution in [1.82, 2.24) is 19.5 Å². The van der Waals surface area contributed by atoms with E-state index in [2.05, 4.69) is 30.9 Å². The molecule has 0 radical (unpaired) electrons. The molecule has 0 spiro atoms. The van der Waals surface area contributed by atoms with E-state index >= 15 is 0 Å². The van der Waals surface area contributed by atoms with Crippen LogP contribution in [-0.4, -0.2) is 26.1 Å². The van der Waals surface area contributed by atoms with Crippen molar-refractivity contribution < 1.29 is 0 Å². The van der Waals surface area contributed by atoms with Gasteiger partial charge in [-0.1, -0.05) is 11.6 Å². The van der Waals surface area contributed by atoms with Crippen LogP contribution in [0, 0.1) is 13.8 Å². The highest BCUT2D eigenvalue weighted by Gasteiger charge is 2.19. The summed E-state index contributed by atoms with van der Waals surface area (Å²) in [5.41, 5.74) is 5.37. The minimum absolute atomic E-state index is 0.641. The zero-order valence-corrected chi connectivity index (χ0v) is 13.3. The molecule has 22 heavy (non-hydrogen) atoms. The Labute approximate surface area is 133 Å². The zero-order chi connectivity index (χ0) is 15.3. The van der Waals surface area contributed by atoms with Crippen LogP contribution in [0.1, 0.15) is 17.8 Å². The molecule has 0 amide bonds. The fourth-order valence-corrected chi connectivity index (χ4v) is 3.29. The summed E-state index contributed by atoms with van der Waals surface area (Å²) in [4.78, 5) is 13.6. The van der Waals surface area contributed by atoms with Gasteiger partial charge < -0.3 is 9.88 Å². The number of nitrogens with zero attached hydrogens (tertiary/aromatic N) is 4. The van der Waals surface area contributed by atoms with Crippen LogP contribution >= 0.6 is 11.6 Å². The number of fused-ring (bicyclic) bond motifs is 3. The average molecular weight is 314 g/mol. The van der Waals surface area contributed by atoms with Crippen molar-refractivity contribution in [1.29, 1.82) is 0 Å². The molecule has 0 bridgehead atoms. The largest absolute Gasteiger partial charge is 0.356 e. The van der Waals surface area contributed by atoms with Crippen LogP contribution in [0.2, 0.25) is 5.02 Å². The van der Waals surface area contributed by atoms with Crippen molar-refractivity contribution in [3.05, 3.63) is 34.7 Å². The third kappa shape index (κ3) is 1.96. The van der Waals surface area contributed by atoms with Crippen molar-refractivity contribution >= 4 is 28.6 Å². The summed E-state index contributed by atoms with van der Waals surface area (Å²) in [7, 11) is 0. The van der Waals surface area contributed by atoms with Crippen LogP contribution in [0.15, 0.2) is 18.3 Å². The molecular formula is C16H16ClN5. The number of hydrogen-bond donors (Lipinski definition) is 1. The molecule has 0 saturated carbocycles. The van der Waals surface area contributed by atoms with E-state index in [4.69, 9.17) is 11.6 Å². The Bertz CT molecular complexity index is 884. The molecule has 3 heterocycles. The van der Waals surface area contributed by atoms with Crippen molar-refractivity contribution in [3.63, 3.8) is 0 Å². The van der Waals surface area contributed by atoms with Gasteiger partial charge in [0.15, 0.2) is 0 Å². The molecule has 1 aliphatic rings. The zero-order valence-electron chi connectivity index (χ0n) is 12.5. The molecule has 1 aromatic carbocycles. The molecule has 3 aromatic rings. The molecule has 1 N–H and O–H groups in total. The third-order valence-corrected chi connectivity index (χ3v) is 4.41. The van der Waals surface area contributed by atoms with Crippen molar-refractivity contribution in [2.24, 2.45) is 0 Å². The maximum absolute atomic E-state index is 6.64. The molecule has 4 rings (SSSR count). The van der Waals surface area contributed by atoms with Gasteiger partial charge in [-0.05, 0) is 32.4 Å². The third-order valence-electron chi connectivity index (χ3n) is 4.02. The standard InChI is InChI=1S/C16H16ClN5/c1-9-8-19-14(10(2)20-9)11-4-5-12-15(13(11)17)21-16-18-6-3-7-22(12)16/h4-5,8H,3,6-7H2,1-2H3,(H,18,21). The Kier molecular flexibility index (Phi) is 3.04. The number of benzene rings is 1. The topological polar surface area (TPSA) is 55.6 Å². The number of imidazole rings is 1. The number of hydrogen-bond acceptors (Lipinski definition) is 4. The molecule has 112 valence electrons. The first-order valence-corrected chi connectivity index (χ1v) is 7.76. The number of halogens is 1. The summed E-state index contributed by atoms with van der Waals surface area (Å²) in [6.45, 7) is 5.81. The second-order valence-electron chi connectivity index (χ2n) is 5.61. The normalized spacial score (nSPS) is 14.0. The van der Waals surface area contributed by atoms with Crippen molar-refractivity contribution in [2.75, 3.05) is 11.9 Å². The molecule has 1 aliphatic heterocycles. The minimum atomic E-state index is 0.641. The molecule has 0 atom stereocenters. The van der Waals surface area contributed by atoms with Gasteiger partial charge in [0.05, 0.1) is 27.6 Å². The van der Waals surface area contributed by atoms with Crippen molar-refractivity contribution in [2.45, 2.75) is 26.8 Å². The highest BCUT2D eigenvalue weighted by atomic mass is 35.5. The van der Waals surface area contributed by atoms with E-state index in [9.17, 15) is 0 Å². The first kappa shape index (κ1) is 13.5. The second kappa shape index (κ2) is 4.95. The molecule has 0 unspecified atom stereocenters. The SMILES string of the molecule is Cc1cnc(-c2ccc3c(nc4n3CCCN4)c2Cl)c(C)n1. The number of aryl methyl sites for hydroxylation is 3. The molecule has 0 saturated heterocycles. The molecule has 0 aliphatic carbocycles. The Morgan fingerprint density at radius 2 is 2.09 bits per heavy atom. The van der Waals surface area contributed by atoms with Gasteiger partial charge >= 0.3 is 0 Å². The monoisotopic (exact) mass is 313 g/mol. The van der Waals surface area contributed by atoms with E-state index in [0.29, 0.717) is 5.02 Å². The van der Waals surface area contributed by atoms with E-state index in [-0.39, 0.29) is 0 Å². The average Bonchev–Trinajstić information content (AvgIpc) is 2.88. The van der Waals surface area contributed by atoms with Gasteiger partial charge in [0.2, 0.25) is 5.95 Å². The van der Waals surface area contributed by atoms with E-state index < -0.39 is 0 Å². The Morgan fingerprint density at radius 3 is 2.91 bits per heavy atom. The fourth-order valence-electron chi connectivity index (χ4n) is 3.00. The molecule has 5 nitrogen and oxygen atoms in total. The molecular weight excluding hydrogens is 298 g/mol. The number of rotatable bonds is 1. The number of anilines is 1. The fraction of sp³-hybridized carbons (Fsp3) is 0.312. The molecule has 6 heteroatoms. The number of aromatic nitrogens is 4. The lowest BCUT2D eigenvalue weighted by molar-refractivity contribution is 0.642. The predicted octanol–water partition coefficient (Wildman–Crippen LogP) is 3.58. The van der Waals surface area contributed by atoms with Gasteiger partial charge in [-0.3, -0.25) is 9.97 Å². The smallest absolute Gasteiger partial charge is 0.203 e. The van der Waals surface area contributed by atoms with Crippen molar-refractivity contribution in [3.8, 4) is 11.3 Å². The summed E-state index contributed by atoms with van der Waals surface area (Å²) in [6.07, 6.45) is 2.86. The van der Waals surface area contributed by atoms with Gasteiger partial charge in [-0.25, -0.2) is 4.98 Å². The Morgan fingerprint density at radius 1 is 1.23 bits per heavy atom. The number of nitrogens with one attached hydrogen (secondary N) is 1. The first-order chi connectivity index (χ1) is 10.6. The van der Waals surface area contributed by atoms with E-state index in [1.165, 1.54) is 0 Å². The van der Waals surface area contributed by atoms with E-state index in [1.807, 2.05) is 19.9 Å². The maximum atomic E-state index is 6.64. The maximum Gasteiger partial charge on any atom is 0.203 e. The Hall–Kier alpha value is -2.14. The molecule has 0 fully saturated rings. The van der Waals surface area contributed by atoms with Crippen LogP contribution < -0.4 is 5.32 Å². The van der Waals surface area contributed by atoms with Gasteiger partial charge in [-0.15, -0.1) is 0 Å². The van der Waals surface area contributed by atoms with Crippen LogP contribution in [0.4, 0.5) is 5.95 Å². The van der Waals surface area contributed by atoms with Crippen LogP contribution in [-0.2, 0) is 6.54 Å². The summed E-state index contributed by atoms with van der Waals surface area (Å²) in [5, 5.41) is 3.96. The summed E-state index contributed by atoms with van der Waals surface area (Å²) >= 11 is 6.64. The first-order valence-electron chi connectivity index (χ1n) is 7.38. The van der Waals surface area contributed by atoms with Crippen LogP contribution in [0.25, 0.3) is 22.3 Å². The van der Waals surface area contributed by atoms with E-state index in [0.717, 1.165) is 59.1 Å². The van der Waals surface area contributed by atoms with Gasteiger partial charge in [-0.2, -0.15) is 0 Å². The highest BCUT2D eigenvalue weighted by Crippen LogP contribution is 2.36. The predicted molar refractivity (Wildman–Crippen MR) is 88.3 cm³/mol. The summed E-state index contributed by atoms with van der Waals surface area (Å²) < 4.78 is 2.18. The Balaban J connectivity index is 1.94. The lowest BCUT2D eigenvalue weighted by Gasteiger charge is -2.15. The minimum Gasteiger partial charge on any atom is -0.356 e.